The number of hydrogen-bond donors (Lipinski definition) is 1. The van der Waals surface area contributed by atoms with Crippen molar-refractivity contribution in [3.05, 3.63) is 127 Å². The number of likely N-dealkylation sites (tertiary alicyclic amines) is 1. The summed E-state index contributed by atoms with van der Waals surface area (Å²) in [6.45, 7) is 0. The quantitative estimate of drug-likeness (QED) is 0.185. The number of carbonyl (C=O) groups is 3. The zero-order valence-corrected chi connectivity index (χ0v) is 24.1. The minimum Gasteiger partial charge on any atom is -0.457 e. The van der Waals surface area contributed by atoms with Gasteiger partial charge in [-0.15, -0.1) is 0 Å². The molecule has 6 nitrogen and oxygen atoms in total. The van der Waals surface area contributed by atoms with E-state index in [1.54, 1.807) is 24.3 Å². The number of ether oxygens (including phenoxy) is 1. The molecule has 4 aromatic rings. The first-order valence-corrected chi connectivity index (χ1v) is 15.4. The molecule has 6 heteroatoms. The first-order chi connectivity index (χ1) is 21.5. The Kier molecular flexibility index (Phi) is 6.44. The lowest BCUT2D eigenvalue weighted by molar-refractivity contribution is -0.146. The maximum atomic E-state index is 13.9. The Morgan fingerprint density at radius 1 is 0.705 bits per heavy atom. The number of carbonyl (C=O) groups excluding carboxylic acids is 3. The van der Waals surface area contributed by atoms with Crippen molar-refractivity contribution in [3.8, 4) is 22.6 Å². The van der Waals surface area contributed by atoms with Gasteiger partial charge in [-0.1, -0.05) is 84.9 Å². The van der Waals surface area contributed by atoms with Crippen LogP contribution in [-0.4, -0.2) is 28.7 Å². The van der Waals surface area contributed by atoms with E-state index < -0.39 is 6.04 Å². The average Bonchev–Trinajstić information content (AvgIpc) is 3.85. The zero-order chi connectivity index (χ0) is 29.8. The summed E-state index contributed by atoms with van der Waals surface area (Å²) in [4.78, 5) is 42.9. The molecule has 44 heavy (non-hydrogen) atoms. The van der Waals surface area contributed by atoms with E-state index in [0.29, 0.717) is 29.0 Å². The van der Waals surface area contributed by atoms with Crippen molar-refractivity contribution in [2.75, 3.05) is 5.32 Å². The van der Waals surface area contributed by atoms with Gasteiger partial charge in [0.2, 0.25) is 17.7 Å². The molecule has 1 aliphatic heterocycles. The summed E-state index contributed by atoms with van der Waals surface area (Å²) in [5, 5.41) is 2.98. The van der Waals surface area contributed by atoms with E-state index in [0.717, 1.165) is 23.1 Å². The third-order valence-electron chi connectivity index (χ3n) is 9.90. The summed E-state index contributed by atoms with van der Waals surface area (Å²) in [5.74, 6) is 1.13. The molecule has 1 heterocycles. The van der Waals surface area contributed by atoms with Crippen LogP contribution < -0.4 is 10.1 Å². The van der Waals surface area contributed by atoms with Crippen molar-refractivity contribution < 1.29 is 19.1 Å². The van der Waals surface area contributed by atoms with Crippen LogP contribution in [-0.2, 0) is 20.8 Å². The highest BCUT2D eigenvalue weighted by Gasteiger charge is 2.67. The number of allylic oxidation sites excluding steroid dienone is 2. The summed E-state index contributed by atoms with van der Waals surface area (Å²) in [6.07, 6.45) is 5.67. The summed E-state index contributed by atoms with van der Waals surface area (Å²) >= 11 is 0. The van der Waals surface area contributed by atoms with E-state index in [1.807, 2.05) is 72.8 Å². The number of rotatable bonds is 8. The molecule has 1 N–H and O–H groups in total. The molecule has 3 fully saturated rings. The molecule has 9 rings (SSSR count). The summed E-state index contributed by atoms with van der Waals surface area (Å²) < 4.78 is 6.04. The Labute approximate surface area is 256 Å². The van der Waals surface area contributed by atoms with Gasteiger partial charge in [0.25, 0.3) is 0 Å². The fourth-order valence-electron chi connectivity index (χ4n) is 7.74. The molecule has 2 saturated carbocycles. The van der Waals surface area contributed by atoms with Crippen LogP contribution in [0.3, 0.4) is 0 Å². The lowest BCUT2D eigenvalue weighted by Gasteiger charge is -2.37. The maximum Gasteiger partial charge on any atom is 0.248 e. The highest BCUT2D eigenvalue weighted by Crippen LogP contribution is 2.65. The third-order valence-corrected chi connectivity index (χ3v) is 9.90. The number of hydrogen-bond acceptors (Lipinski definition) is 4. The van der Waals surface area contributed by atoms with Gasteiger partial charge in [-0.05, 0) is 83.2 Å². The number of nitrogens with one attached hydrogen (secondary N) is 1. The number of nitrogens with zero attached hydrogens (tertiary/aromatic N) is 1. The van der Waals surface area contributed by atoms with Gasteiger partial charge in [-0.25, -0.2) is 0 Å². The van der Waals surface area contributed by atoms with Crippen LogP contribution >= 0.6 is 0 Å². The van der Waals surface area contributed by atoms with Crippen molar-refractivity contribution in [1.82, 2.24) is 4.90 Å². The highest BCUT2D eigenvalue weighted by molar-refractivity contribution is 6.10. The van der Waals surface area contributed by atoms with Crippen molar-refractivity contribution >= 4 is 23.4 Å². The minimum atomic E-state index is -0.933. The van der Waals surface area contributed by atoms with Crippen LogP contribution in [0.5, 0.6) is 11.5 Å². The fraction of sp³-hybridized carbons (Fsp3) is 0.237. The Morgan fingerprint density at radius 3 is 1.82 bits per heavy atom. The standard InChI is InChI=1S/C38H32N2O4/c41-36(39-26-13-17-28(18-14-26)44-27-15-11-25(12-16-27)24-9-5-2-6-10-24)33(21-23-7-3-1-4-8-23)40-37(42)34-29-19-20-30(32-22-31(29)32)35(34)38(40)43/h1-20,29-35H,21-22H2,(H,39,41)/t29-,30-,31-,32+,33-,34-,35+/m0/s1. The van der Waals surface area contributed by atoms with E-state index in [-0.39, 0.29) is 47.8 Å². The molecule has 218 valence electrons. The molecule has 3 amide bonds. The van der Waals surface area contributed by atoms with Crippen LogP contribution in [0.1, 0.15) is 12.0 Å². The van der Waals surface area contributed by atoms with E-state index in [9.17, 15) is 14.4 Å². The van der Waals surface area contributed by atoms with E-state index in [4.69, 9.17) is 4.74 Å². The van der Waals surface area contributed by atoms with Crippen LogP contribution in [0, 0.1) is 35.5 Å². The lowest BCUT2D eigenvalue weighted by Crippen LogP contribution is -2.49. The van der Waals surface area contributed by atoms with Crippen molar-refractivity contribution in [1.29, 1.82) is 0 Å². The Balaban J connectivity index is 0.991. The zero-order valence-electron chi connectivity index (χ0n) is 24.1. The average molecular weight is 581 g/mol. The molecule has 4 aliphatic carbocycles. The summed E-state index contributed by atoms with van der Waals surface area (Å²) in [5.41, 5.74) is 3.71. The number of benzene rings is 4. The SMILES string of the molecule is O=C(Nc1ccc(Oc2ccc(-c3ccccc3)cc2)cc1)[C@H](Cc1ccccc1)N1C(=O)[C@@H]2[C@H]3C=C[C@@H]([C@@H]4C[C@H]34)[C@@H]2C1=O. The fourth-order valence-corrected chi connectivity index (χ4v) is 7.74. The van der Waals surface area contributed by atoms with E-state index >= 15 is 0 Å². The molecule has 0 aromatic heterocycles. The molecule has 2 bridgehead atoms. The maximum absolute atomic E-state index is 13.9. The predicted octanol–water partition coefficient (Wildman–Crippen LogP) is 6.75. The molecule has 4 aromatic carbocycles. The van der Waals surface area contributed by atoms with Gasteiger partial charge in [0.05, 0.1) is 11.8 Å². The number of amides is 3. The molecule has 7 atom stereocenters. The summed E-state index contributed by atoms with van der Waals surface area (Å²) in [6, 6.07) is 33.8. The van der Waals surface area contributed by atoms with Crippen LogP contribution in [0.4, 0.5) is 5.69 Å². The smallest absolute Gasteiger partial charge is 0.248 e. The molecule has 0 radical (unpaired) electrons. The van der Waals surface area contributed by atoms with Gasteiger partial charge in [-0.2, -0.15) is 0 Å². The first kappa shape index (κ1) is 26.6. The minimum absolute atomic E-state index is 0.110. The van der Waals surface area contributed by atoms with Crippen molar-refractivity contribution in [2.45, 2.75) is 18.9 Å². The van der Waals surface area contributed by atoms with Crippen LogP contribution in [0.25, 0.3) is 11.1 Å². The highest BCUT2D eigenvalue weighted by atomic mass is 16.5. The summed E-state index contributed by atoms with van der Waals surface area (Å²) in [7, 11) is 0. The predicted molar refractivity (Wildman–Crippen MR) is 168 cm³/mol. The van der Waals surface area contributed by atoms with Crippen molar-refractivity contribution in [2.24, 2.45) is 35.5 Å². The van der Waals surface area contributed by atoms with Gasteiger partial charge < -0.3 is 10.1 Å². The second-order valence-corrected chi connectivity index (χ2v) is 12.4. The lowest BCUT2D eigenvalue weighted by atomic mass is 9.63. The Hall–Kier alpha value is -4.97. The van der Waals surface area contributed by atoms with Gasteiger partial charge >= 0.3 is 0 Å². The number of anilines is 1. The van der Waals surface area contributed by atoms with Crippen LogP contribution in [0.2, 0.25) is 0 Å². The Morgan fingerprint density at radius 2 is 1.23 bits per heavy atom. The van der Waals surface area contributed by atoms with Crippen molar-refractivity contribution in [3.63, 3.8) is 0 Å². The van der Waals surface area contributed by atoms with Gasteiger partial charge in [0.1, 0.15) is 17.5 Å². The largest absolute Gasteiger partial charge is 0.457 e. The molecule has 5 aliphatic rings. The topological polar surface area (TPSA) is 75.7 Å². The van der Waals surface area contributed by atoms with Gasteiger partial charge in [0.15, 0.2) is 0 Å². The molecule has 0 spiro atoms. The van der Waals surface area contributed by atoms with Crippen LogP contribution in [0.15, 0.2) is 121 Å². The van der Waals surface area contributed by atoms with Gasteiger partial charge in [-0.3, -0.25) is 19.3 Å². The van der Waals surface area contributed by atoms with Gasteiger partial charge in [0, 0.05) is 12.1 Å². The Bertz CT molecular complexity index is 1710. The first-order valence-electron chi connectivity index (χ1n) is 15.4. The third kappa shape index (κ3) is 4.62. The normalized spacial score (nSPS) is 26.6. The monoisotopic (exact) mass is 580 g/mol. The number of imide groups is 1. The van der Waals surface area contributed by atoms with E-state index in [1.165, 1.54) is 4.90 Å². The molecular formula is C38H32N2O4. The molecular weight excluding hydrogens is 548 g/mol. The second-order valence-electron chi connectivity index (χ2n) is 12.4. The molecule has 0 unspecified atom stereocenters. The molecule has 1 saturated heterocycles. The van der Waals surface area contributed by atoms with E-state index in [2.05, 4.69) is 29.6 Å². The second kappa shape index (κ2) is 10.6.